The smallest absolute Gasteiger partial charge is 0.318 e. The van der Waals surface area contributed by atoms with Crippen LogP contribution in [0.2, 0.25) is 0 Å². The monoisotopic (exact) mass is 549 g/mol. The number of nitrogens with zero attached hydrogens (tertiary/aromatic N) is 5. The Bertz CT molecular complexity index is 1530. The molecule has 2 bridgehead atoms. The summed E-state index contributed by atoms with van der Waals surface area (Å²) in [6.45, 7) is 3.40. The number of aromatic nitrogens is 2. The van der Waals surface area contributed by atoms with Crippen molar-refractivity contribution in [3.8, 4) is 11.8 Å². The second-order valence-electron chi connectivity index (χ2n) is 11.7. The Balaban J connectivity index is 1.24. The zero-order valence-electron chi connectivity index (χ0n) is 26.0. The van der Waals surface area contributed by atoms with Gasteiger partial charge in [-0.25, -0.2) is 4.39 Å². The van der Waals surface area contributed by atoms with Gasteiger partial charge in [0.25, 0.3) is 0 Å². The van der Waals surface area contributed by atoms with Crippen LogP contribution in [0.3, 0.4) is 0 Å². The minimum Gasteiger partial charge on any atom is -0.508 e. The van der Waals surface area contributed by atoms with E-state index in [4.69, 9.17) is 18.8 Å². The Kier molecular flexibility index (Phi) is 5.82. The number of nitrogens with one attached hydrogen (secondary N) is 1. The van der Waals surface area contributed by atoms with E-state index in [0.717, 1.165) is 72.3 Å². The predicted molar refractivity (Wildman–Crippen MR) is 155 cm³/mol. The van der Waals surface area contributed by atoms with Gasteiger partial charge in [0.15, 0.2) is 0 Å². The Hall–Kier alpha value is -3.17. The number of ether oxygens (including phenoxy) is 1. The molecule has 40 heavy (non-hydrogen) atoms. The lowest BCUT2D eigenvalue weighted by molar-refractivity contribution is 0.187. The molecule has 9 heteroatoms. The van der Waals surface area contributed by atoms with Crippen LogP contribution in [0.15, 0.2) is 24.3 Å². The van der Waals surface area contributed by atoms with Crippen LogP contribution in [0.1, 0.15) is 53.5 Å². The summed E-state index contributed by atoms with van der Waals surface area (Å²) < 4.78 is 44.9. The van der Waals surface area contributed by atoms with E-state index in [-0.39, 0.29) is 30.2 Å². The lowest BCUT2D eigenvalue weighted by Gasteiger charge is -2.37. The summed E-state index contributed by atoms with van der Waals surface area (Å²) in [4.78, 5) is 15.9. The number of rotatable bonds is 6. The maximum Gasteiger partial charge on any atom is 0.318 e. The summed E-state index contributed by atoms with van der Waals surface area (Å²) in [6, 6.07) is 7.51. The van der Waals surface area contributed by atoms with Crippen LogP contribution >= 0.6 is 0 Å². The third-order valence-corrected chi connectivity index (χ3v) is 9.15. The van der Waals surface area contributed by atoms with Gasteiger partial charge in [0.1, 0.15) is 24.0 Å². The maximum absolute atomic E-state index is 14.9. The second-order valence-corrected chi connectivity index (χ2v) is 11.7. The number of aromatic hydroxyl groups is 1. The molecule has 1 aromatic heterocycles. The number of phenols is 1. The molecule has 4 aliphatic heterocycles. The molecule has 7 rings (SSSR count). The first-order valence-electron chi connectivity index (χ1n) is 16.2. The highest BCUT2D eigenvalue weighted by atomic mass is 19.1. The zero-order valence-corrected chi connectivity index (χ0v) is 23.0. The van der Waals surface area contributed by atoms with Gasteiger partial charge in [0.2, 0.25) is 0 Å². The van der Waals surface area contributed by atoms with E-state index in [1.807, 2.05) is 6.92 Å². The van der Waals surface area contributed by atoms with Gasteiger partial charge in [-0.2, -0.15) is 9.97 Å². The highest BCUT2D eigenvalue weighted by Crippen LogP contribution is 2.39. The number of benzene rings is 2. The van der Waals surface area contributed by atoms with E-state index >= 15 is 0 Å². The van der Waals surface area contributed by atoms with E-state index in [1.165, 1.54) is 6.07 Å². The summed E-state index contributed by atoms with van der Waals surface area (Å²) in [5.41, 5.74) is 3.37. The van der Waals surface area contributed by atoms with Crippen LogP contribution in [-0.2, 0) is 19.4 Å². The van der Waals surface area contributed by atoms with Gasteiger partial charge in [0.05, 0.1) is 12.2 Å². The molecule has 3 aromatic rings. The Morgan fingerprint density at radius 2 is 1.98 bits per heavy atom. The Morgan fingerprint density at radius 1 is 1.12 bits per heavy atom. The van der Waals surface area contributed by atoms with Crippen LogP contribution in [0, 0.1) is 5.82 Å². The summed E-state index contributed by atoms with van der Waals surface area (Å²) in [5.74, 6) is 0.797. The predicted octanol–water partition coefficient (Wildman–Crippen LogP) is 4.01. The topological polar surface area (TPSA) is 77.0 Å². The first-order chi connectivity index (χ1) is 20.7. The summed E-state index contributed by atoms with van der Waals surface area (Å²) in [5, 5.41) is 15.9. The van der Waals surface area contributed by atoms with Crippen molar-refractivity contribution in [3.63, 3.8) is 0 Å². The van der Waals surface area contributed by atoms with Crippen molar-refractivity contribution >= 4 is 22.3 Å². The Morgan fingerprint density at radius 3 is 2.77 bits per heavy atom. The van der Waals surface area contributed by atoms with Gasteiger partial charge in [-0.05, 0) is 75.1 Å². The highest BCUT2D eigenvalue weighted by Gasteiger charge is 2.35. The van der Waals surface area contributed by atoms with Crippen molar-refractivity contribution in [2.75, 3.05) is 49.6 Å². The van der Waals surface area contributed by atoms with E-state index < -0.39 is 6.98 Å². The third-order valence-electron chi connectivity index (χ3n) is 9.15. The molecule has 0 spiro atoms. The van der Waals surface area contributed by atoms with Gasteiger partial charge in [-0.3, -0.25) is 0 Å². The fraction of sp³-hybridized carbons (Fsp3) is 0.548. The fourth-order valence-corrected chi connectivity index (χ4v) is 7.14. The molecule has 8 nitrogen and oxygen atoms in total. The molecule has 4 aliphatic rings. The first-order valence-corrected chi connectivity index (χ1v) is 14.7. The van der Waals surface area contributed by atoms with E-state index in [0.29, 0.717) is 50.1 Å². The van der Waals surface area contributed by atoms with Crippen LogP contribution in [0.4, 0.5) is 15.9 Å². The molecule has 212 valence electrons. The molecule has 3 fully saturated rings. The van der Waals surface area contributed by atoms with E-state index in [2.05, 4.69) is 15.1 Å². The van der Waals surface area contributed by atoms with Crippen molar-refractivity contribution in [3.05, 3.63) is 46.9 Å². The van der Waals surface area contributed by atoms with Gasteiger partial charge in [0, 0.05) is 64.6 Å². The first kappa shape index (κ1) is 22.5. The number of likely N-dealkylation sites (N-methyl/N-ethyl adjacent to an activating group) is 1. The number of hydrogen-bond donors (Lipinski definition) is 2. The molecule has 5 heterocycles. The van der Waals surface area contributed by atoms with Gasteiger partial charge in [-0.1, -0.05) is 13.0 Å². The number of piperazine rings is 1. The van der Waals surface area contributed by atoms with Crippen molar-refractivity contribution in [1.82, 2.24) is 20.2 Å². The third kappa shape index (κ3) is 4.63. The molecule has 0 amide bonds. The fourth-order valence-electron chi connectivity index (χ4n) is 7.14. The molecule has 3 saturated heterocycles. The maximum atomic E-state index is 14.9. The molecular formula is C31H39FN6O2. The average Bonchev–Trinajstić information content (AvgIpc) is 3.60. The Labute approximate surface area is 239 Å². The zero-order chi connectivity index (χ0) is 29.9. The van der Waals surface area contributed by atoms with Crippen LogP contribution < -0.4 is 19.9 Å². The number of likely N-dealkylation sites (tertiary alicyclic amines) is 1. The second kappa shape index (κ2) is 10.3. The summed E-state index contributed by atoms with van der Waals surface area (Å²) in [6.07, 6.45) is 5.12. The molecule has 0 radical (unpaired) electrons. The highest BCUT2D eigenvalue weighted by molar-refractivity contribution is 5.98. The van der Waals surface area contributed by atoms with Crippen molar-refractivity contribution in [1.29, 1.82) is 0 Å². The van der Waals surface area contributed by atoms with Gasteiger partial charge >= 0.3 is 6.01 Å². The molecular weight excluding hydrogens is 507 g/mol. The molecule has 2 N–H and O–H groups in total. The molecule has 0 aliphatic carbocycles. The minimum absolute atomic E-state index is 0.140. The average molecular weight is 550 g/mol. The number of halogens is 1. The van der Waals surface area contributed by atoms with Crippen LogP contribution in [0.25, 0.3) is 10.8 Å². The van der Waals surface area contributed by atoms with Gasteiger partial charge in [-0.15, -0.1) is 0 Å². The van der Waals surface area contributed by atoms with E-state index in [1.54, 1.807) is 23.1 Å². The van der Waals surface area contributed by atoms with Crippen molar-refractivity contribution in [2.45, 2.75) is 70.1 Å². The van der Waals surface area contributed by atoms with Crippen molar-refractivity contribution in [2.24, 2.45) is 0 Å². The SMILES string of the molecule is [2H]C([2H])([2H])N1CCC[C@H]1COc1nc2c(c(N3C[C@H]4CC[C@@H](C3)N4)n1)CCN(c1cc(O)cc3ccc(F)c(CC)c13)C2. The van der Waals surface area contributed by atoms with Crippen LogP contribution in [0.5, 0.6) is 11.8 Å². The lowest BCUT2D eigenvalue weighted by atomic mass is 9.97. The molecule has 0 saturated carbocycles. The van der Waals surface area contributed by atoms with Crippen molar-refractivity contribution < 1.29 is 18.3 Å². The summed E-state index contributed by atoms with van der Waals surface area (Å²) >= 11 is 0. The number of fused-ring (bicyclic) bond motifs is 4. The number of phenolic OH excluding ortho intramolecular Hbond substituents is 1. The largest absolute Gasteiger partial charge is 0.508 e. The molecule has 3 atom stereocenters. The lowest BCUT2D eigenvalue weighted by Crippen LogP contribution is -2.52. The van der Waals surface area contributed by atoms with Crippen LogP contribution in [-0.4, -0.2) is 77.9 Å². The number of hydrogen-bond acceptors (Lipinski definition) is 8. The summed E-state index contributed by atoms with van der Waals surface area (Å²) in [7, 11) is 0. The normalized spacial score (nSPS) is 26.1. The quantitative estimate of drug-likeness (QED) is 0.478. The number of anilines is 2. The van der Waals surface area contributed by atoms with E-state index in [9.17, 15) is 9.50 Å². The minimum atomic E-state index is -2.16. The molecule has 2 aromatic carbocycles. The number of aryl methyl sites for hydroxylation is 1. The molecule has 0 unspecified atom stereocenters. The standard InChI is InChI=1S/C31H39FN6O2/c1-3-24-26(32)9-6-19-13-23(39)14-28(29(19)24)37-12-10-25-27(17-37)34-31(40-18-22-5-4-11-36(22)2)35-30(25)38-15-20-7-8-21(16-38)33-20/h6,9,13-14,20-22,33,39H,3-5,7-8,10-12,15-18H2,1-2H3/t20-,21+,22-/m0/s1/i2D3. The van der Waals surface area contributed by atoms with Gasteiger partial charge < -0.3 is 29.9 Å².